The van der Waals surface area contributed by atoms with E-state index in [0.717, 1.165) is 5.52 Å². The predicted molar refractivity (Wildman–Crippen MR) is 90.0 cm³/mol. The largest absolute Gasteiger partial charge is 0.419 e. The zero-order valence-electron chi connectivity index (χ0n) is 13.6. The Balaban J connectivity index is 1.97. The molecule has 0 saturated carbocycles. The highest BCUT2D eigenvalue weighted by molar-refractivity contribution is 5.77. The molecule has 0 atom stereocenters. The average molecular weight is 314 g/mol. The monoisotopic (exact) mass is 314 g/mol. The van der Waals surface area contributed by atoms with E-state index in [-0.39, 0.29) is 5.91 Å². The van der Waals surface area contributed by atoms with Crippen molar-refractivity contribution in [3.8, 4) is 12.3 Å². The Bertz CT molecular complexity index is 775. The maximum absolute atomic E-state index is 12.1. The minimum absolute atomic E-state index is 0.0903. The number of amides is 1. The maximum atomic E-state index is 12.1. The van der Waals surface area contributed by atoms with Crippen LogP contribution < -0.4 is 11.1 Å². The predicted octanol–water partition coefficient (Wildman–Crippen LogP) is 2.68. The molecule has 23 heavy (non-hydrogen) atoms. The molecule has 0 fully saturated rings. The van der Waals surface area contributed by atoms with E-state index in [9.17, 15) is 9.59 Å². The third-order valence-corrected chi connectivity index (χ3v) is 4.22. The second-order valence-electron chi connectivity index (χ2n) is 5.57. The Kier molecular flexibility index (Phi) is 5.28. The van der Waals surface area contributed by atoms with Crippen LogP contribution >= 0.6 is 0 Å². The lowest BCUT2D eigenvalue weighted by molar-refractivity contribution is -0.122. The van der Waals surface area contributed by atoms with Crippen molar-refractivity contribution in [2.75, 3.05) is 0 Å². The van der Waals surface area contributed by atoms with Crippen LogP contribution in [-0.2, 0) is 11.3 Å². The number of rotatable bonds is 7. The number of fused-ring (bicyclic) bond motifs is 1. The number of para-hydroxylation sites is 2. The standard InChI is InChI=1S/C18H22N2O3/c1-4-18(5-2,6-3)19-16(21)12-9-13-20-14-10-7-8-11-15(14)23-17(20)22/h1,7-8,10-11H,5-6,9,12-13H2,2-3H3,(H,19,21). The highest BCUT2D eigenvalue weighted by atomic mass is 16.4. The molecule has 1 heterocycles. The number of hydrogen-bond acceptors (Lipinski definition) is 3. The first-order valence-corrected chi connectivity index (χ1v) is 7.92. The normalized spacial score (nSPS) is 11.3. The molecule has 1 amide bonds. The molecule has 1 N–H and O–H groups in total. The van der Waals surface area contributed by atoms with Gasteiger partial charge in [-0.15, -0.1) is 6.42 Å². The maximum Gasteiger partial charge on any atom is 0.419 e. The first-order chi connectivity index (χ1) is 11.0. The SMILES string of the molecule is C#CC(CC)(CC)NC(=O)CCCn1c(=O)oc2ccccc21. The van der Waals surface area contributed by atoms with E-state index in [1.54, 1.807) is 10.6 Å². The van der Waals surface area contributed by atoms with Gasteiger partial charge in [-0.2, -0.15) is 0 Å². The summed E-state index contributed by atoms with van der Waals surface area (Å²) in [5.74, 6) is 2.19. The van der Waals surface area contributed by atoms with E-state index < -0.39 is 11.3 Å². The van der Waals surface area contributed by atoms with Gasteiger partial charge < -0.3 is 9.73 Å². The van der Waals surface area contributed by atoms with Crippen molar-refractivity contribution in [2.45, 2.75) is 51.6 Å². The molecular weight excluding hydrogens is 292 g/mol. The summed E-state index contributed by atoms with van der Waals surface area (Å²) >= 11 is 0. The lowest BCUT2D eigenvalue weighted by Gasteiger charge is -2.27. The summed E-state index contributed by atoms with van der Waals surface area (Å²) < 4.78 is 6.72. The van der Waals surface area contributed by atoms with Crippen LogP contribution in [0, 0.1) is 12.3 Å². The number of aryl methyl sites for hydroxylation is 1. The second kappa shape index (κ2) is 7.19. The molecule has 122 valence electrons. The molecular formula is C18H22N2O3. The lowest BCUT2D eigenvalue weighted by Crippen LogP contribution is -2.46. The molecule has 0 bridgehead atoms. The Hall–Kier alpha value is -2.48. The summed E-state index contributed by atoms with van der Waals surface area (Å²) in [6.45, 7) is 4.35. The molecule has 1 aromatic carbocycles. The van der Waals surface area contributed by atoms with E-state index in [4.69, 9.17) is 10.8 Å². The van der Waals surface area contributed by atoms with Crippen molar-refractivity contribution in [3.63, 3.8) is 0 Å². The molecule has 2 rings (SSSR count). The molecule has 0 aliphatic rings. The van der Waals surface area contributed by atoms with E-state index >= 15 is 0 Å². The van der Waals surface area contributed by atoms with E-state index in [0.29, 0.717) is 37.8 Å². The number of terminal acetylenes is 1. The highest BCUT2D eigenvalue weighted by Crippen LogP contribution is 2.15. The van der Waals surface area contributed by atoms with Gasteiger partial charge in [-0.3, -0.25) is 9.36 Å². The van der Waals surface area contributed by atoms with Crippen LogP contribution in [-0.4, -0.2) is 16.0 Å². The van der Waals surface area contributed by atoms with Crippen molar-refractivity contribution in [1.82, 2.24) is 9.88 Å². The number of nitrogens with one attached hydrogen (secondary N) is 1. The van der Waals surface area contributed by atoms with Gasteiger partial charge in [0.1, 0.15) is 5.54 Å². The summed E-state index contributed by atoms with van der Waals surface area (Å²) in [7, 11) is 0. The van der Waals surface area contributed by atoms with Gasteiger partial charge in [0.05, 0.1) is 5.52 Å². The van der Waals surface area contributed by atoms with Crippen LogP contribution in [0.2, 0.25) is 0 Å². The van der Waals surface area contributed by atoms with Crippen LogP contribution in [0.25, 0.3) is 11.1 Å². The number of hydrogen-bond donors (Lipinski definition) is 1. The van der Waals surface area contributed by atoms with Gasteiger partial charge in [-0.1, -0.05) is 31.9 Å². The lowest BCUT2D eigenvalue weighted by atomic mass is 9.93. The number of nitrogens with zero attached hydrogens (tertiary/aromatic N) is 1. The molecule has 0 aliphatic carbocycles. The summed E-state index contributed by atoms with van der Waals surface area (Å²) in [5.41, 5.74) is 0.735. The zero-order chi connectivity index (χ0) is 16.9. The number of oxazole rings is 1. The van der Waals surface area contributed by atoms with Crippen molar-refractivity contribution < 1.29 is 9.21 Å². The smallest absolute Gasteiger partial charge is 0.408 e. The average Bonchev–Trinajstić information content (AvgIpc) is 2.88. The topological polar surface area (TPSA) is 64.2 Å². The van der Waals surface area contributed by atoms with Gasteiger partial charge in [-0.05, 0) is 31.4 Å². The first kappa shape index (κ1) is 16.9. The Morgan fingerprint density at radius 1 is 1.35 bits per heavy atom. The molecule has 0 radical (unpaired) electrons. The van der Waals surface area contributed by atoms with Gasteiger partial charge in [0.25, 0.3) is 0 Å². The summed E-state index contributed by atoms with van der Waals surface area (Å²) in [4.78, 5) is 23.9. The minimum Gasteiger partial charge on any atom is -0.408 e. The first-order valence-electron chi connectivity index (χ1n) is 7.92. The van der Waals surface area contributed by atoms with Crippen LogP contribution in [0.5, 0.6) is 0 Å². The molecule has 0 unspecified atom stereocenters. The third-order valence-electron chi connectivity index (χ3n) is 4.22. The van der Waals surface area contributed by atoms with Crippen LogP contribution in [0.3, 0.4) is 0 Å². The van der Waals surface area contributed by atoms with Crippen molar-refractivity contribution in [3.05, 3.63) is 34.8 Å². The van der Waals surface area contributed by atoms with Crippen LogP contribution in [0.1, 0.15) is 39.5 Å². The van der Waals surface area contributed by atoms with E-state index in [2.05, 4.69) is 11.2 Å². The van der Waals surface area contributed by atoms with Gasteiger partial charge in [0, 0.05) is 13.0 Å². The van der Waals surface area contributed by atoms with E-state index in [1.165, 1.54) is 0 Å². The van der Waals surface area contributed by atoms with Gasteiger partial charge in [-0.25, -0.2) is 4.79 Å². The fraction of sp³-hybridized carbons (Fsp3) is 0.444. The Labute approximate surface area is 135 Å². The molecule has 5 heteroatoms. The Morgan fingerprint density at radius 2 is 2.04 bits per heavy atom. The number of aromatic nitrogens is 1. The second-order valence-corrected chi connectivity index (χ2v) is 5.57. The molecule has 5 nitrogen and oxygen atoms in total. The summed E-state index contributed by atoms with van der Waals surface area (Å²) in [6.07, 6.45) is 7.79. The number of benzene rings is 1. The fourth-order valence-electron chi connectivity index (χ4n) is 2.62. The van der Waals surface area contributed by atoms with Crippen molar-refractivity contribution in [1.29, 1.82) is 0 Å². The zero-order valence-corrected chi connectivity index (χ0v) is 13.6. The number of carbonyl (C=O) groups excluding carboxylic acids is 1. The molecule has 0 aliphatic heterocycles. The molecule has 0 saturated heterocycles. The summed E-state index contributed by atoms with van der Waals surface area (Å²) in [5, 5.41) is 2.93. The minimum atomic E-state index is -0.573. The molecule has 1 aromatic heterocycles. The van der Waals surface area contributed by atoms with Crippen molar-refractivity contribution in [2.24, 2.45) is 0 Å². The molecule has 2 aromatic rings. The Morgan fingerprint density at radius 3 is 2.70 bits per heavy atom. The van der Waals surface area contributed by atoms with Gasteiger partial charge >= 0.3 is 5.76 Å². The molecule has 0 spiro atoms. The van der Waals surface area contributed by atoms with Gasteiger partial charge in [0.15, 0.2) is 5.58 Å². The number of carbonyl (C=O) groups is 1. The third kappa shape index (κ3) is 3.65. The van der Waals surface area contributed by atoms with Gasteiger partial charge in [0.2, 0.25) is 5.91 Å². The van der Waals surface area contributed by atoms with Crippen molar-refractivity contribution >= 4 is 17.0 Å². The fourth-order valence-corrected chi connectivity index (χ4v) is 2.62. The van der Waals surface area contributed by atoms with Crippen LogP contribution in [0.15, 0.2) is 33.5 Å². The highest BCUT2D eigenvalue weighted by Gasteiger charge is 2.24. The van der Waals surface area contributed by atoms with Crippen LogP contribution in [0.4, 0.5) is 0 Å². The summed E-state index contributed by atoms with van der Waals surface area (Å²) in [6, 6.07) is 7.25. The quantitative estimate of drug-likeness (QED) is 0.799. The van der Waals surface area contributed by atoms with E-state index in [1.807, 2.05) is 32.0 Å².